The first-order valence-corrected chi connectivity index (χ1v) is 12.5. The molecule has 0 saturated heterocycles. The molecule has 0 radical (unpaired) electrons. The van der Waals surface area contributed by atoms with Crippen molar-refractivity contribution in [2.75, 3.05) is 5.32 Å². The summed E-state index contributed by atoms with van der Waals surface area (Å²) in [6.45, 7) is 7.40. The molecule has 0 aromatic heterocycles. The molecule has 0 bridgehead atoms. The van der Waals surface area contributed by atoms with Crippen molar-refractivity contribution in [1.82, 2.24) is 4.90 Å². The van der Waals surface area contributed by atoms with Crippen LogP contribution in [-0.4, -0.2) is 29.3 Å². The third kappa shape index (κ3) is 8.74. The van der Waals surface area contributed by atoms with Crippen molar-refractivity contribution in [1.29, 1.82) is 5.53 Å². The van der Waals surface area contributed by atoms with Gasteiger partial charge in [-0.1, -0.05) is 45.0 Å². The Balaban J connectivity index is 1.74. The number of ether oxygens (including phenoxy) is 1. The number of alkyl halides is 3. The van der Waals surface area contributed by atoms with Crippen LogP contribution < -0.4 is 15.8 Å². The molecule has 8 nitrogen and oxygen atoms in total. The van der Waals surface area contributed by atoms with E-state index in [-0.39, 0.29) is 29.2 Å². The molecule has 0 aliphatic heterocycles. The lowest BCUT2D eigenvalue weighted by Crippen LogP contribution is -2.45. The zero-order valence-electron chi connectivity index (χ0n) is 21.9. The number of carbonyl (C=O) groups is 1. The predicted molar refractivity (Wildman–Crippen MR) is 140 cm³/mol. The minimum atomic E-state index is -4.78. The Morgan fingerprint density at radius 3 is 2.13 bits per heavy atom. The molecule has 2 aromatic rings. The summed E-state index contributed by atoms with van der Waals surface area (Å²) in [5, 5.41) is 5.91. The quantitative estimate of drug-likeness (QED) is 0.201. The molecule has 4 N–H and O–H groups in total. The number of benzene rings is 2. The van der Waals surface area contributed by atoms with Gasteiger partial charge in [0.25, 0.3) is 0 Å². The summed E-state index contributed by atoms with van der Waals surface area (Å²) in [5.74, 6) is 0.129. The molecule has 0 spiro atoms. The topological polar surface area (TPSA) is 116 Å². The summed E-state index contributed by atoms with van der Waals surface area (Å²) < 4.78 is 41.3. The lowest BCUT2D eigenvalue weighted by molar-refractivity contribution is -0.274. The van der Waals surface area contributed by atoms with E-state index in [1.54, 1.807) is 0 Å². The van der Waals surface area contributed by atoms with E-state index >= 15 is 0 Å². The number of rotatable bonds is 7. The van der Waals surface area contributed by atoms with Gasteiger partial charge in [-0.15, -0.1) is 18.3 Å². The summed E-state index contributed by atoms with van der Waals surface area (Å²) in [6, 6.07) is 12.5. The second-order valence-corrected chi connectivity index (χ2v) is 10.6. The molecular weight excluding hydrogens is 497 g/mol. The Morgan fingerprint density at radius 2 is 1.61 bits per heavy atom. The van der Waals surface area contributed by atoms with Gasteiger partial charge in [-0.05, 0) is 72.4 Å². The first kappa shape index (κ1) is 28.9. The minimum Gasteiger partial charge on any atom is -0.406 e. The first-order valence-electron chi connectivity index (χ1n) is 12.5. The molecular formula is C27H35F3N6O2. The molecule has 2 aromatic carbocycles. The van der Waals surface area contributed by atoms with Crippen LogP contribution in [0, 0.1) is 16.9 Å². The van der Waals surface area contributed by atoms with Gasteiger partial charge in [0.15, 0.2) is 0 Å². The Morgan fingerprint density at radius 1 is 1.03 bits per heavy atom. The largest absolute Gasteiger partial charge is 0.573 e. The van der Waals surface area contributed by atoms with Crippen molar-refractivity contribution >= 4 is 17.7 Å². The number of anilines is 1. The number of aliphatic imine (C=N–C) groups is 1. The fourth-order valence-electron chi connectivity index (χ4n) is 4.71. The van der Waals surface area contributed by atoms with Gasteiger partial charge in [0, 0.05) is 18.3 Å². The maximum atomic E-state index is 13.4. The number of nitrogens with one attached hydrogen (secondary N) is 2. The lowest BCUT2D eigenvalue weighted by Gasteiger charge is -2.41. The first-order chi connectivity index (χ1) is 17.8. The van der Waals surface area contributed by atoms with Crippen molar-refractivity contribution in [3.8, 4) is 5.75 Å². The van der Waals surface area contributed by atoms with Crippen molar-refractivity contribution in [2.24, 2.45) is 27.2 Å². The maximum absolute atomic E-state index is 13.4. The van der Waals surface area contributed by atoms with Gasteiger partial charge >= 0.3 is 12.4 Å². The lowest BCUT2D eigenvalue weighted by atomic mass is 9.71. The number of carbonyl (C=O) groups excluding carboxylic acids is 1. The molecule has 11 heteroatoms. The summed E-state index contributed by atoms with van der Waals surface area (Å²) >= 11 is 0. The van der Waals surface area contributed by atoms with E-state index < -0.39 is 6.36 Å². The van der Waals surface area contributed by atoms with E-state index in [2.05, 4.69) is 40.9 Å². The van der Waals surface area contributed by atoms with E-state index in [1.165, 1.54) is 24.3 Å². The highest BCUT2D eigenvalue weighted by atomic mass is 19.4. The highest BCUT2D eigenvalue weighted by Gasteiger charge is 2.34. The Kier molecular flexibility index (Phi) is 9.35. The van der Waals surface area contributed by atoms with Crippen molar-refractivity contribution < 1.29 is 22.7 Å². The van der Waals surface area contributed by atoms with Crippen LogP contribution in [0.3, 0.4) is 0 Å². The van der Waals surface area contributed by atoms with Gasteiger partial charge in [-0.2, -0.15) is 0 Å². The van der Waals surface area contributed by atoms with E-state index in [0.29, 0.717) is 24.7 Å². The third-order valence-corrected chi connectivity index (χ3v) is 6.88. The monoisotopic (exact) mass is 532 g/mol. The number of halogens is 3. The number of guanidine groups is 1. The number of urea groups is 1. The molecule has 0 heterocycles. The number of hydrogen-bond acceptors (Lipinski definition) is 4. The standard InChI is InChI=1S/C27H35F3N6O2/c1-26(2,3)20-8-12-22(13-9-20)36(17-19-6-4-18(5-7-19)16-33-24(31)35-32)25(37)34-21-10-14-23(15-11-21)38-27(28,29)30/h4-7,10-11,14-15,20,22,32H,8-9,12-13,16-17H2,1-3H3,(H2,31,33)(H,34,37). The number of nitrogens with two attached hydrogens (primary N) is 1. The molecule has 1 aliphatic carbocycles. The van der Waals surface area contributed by atoms with Crippen LogP contribution in [0.15, 0.2) is 58.6 Å². The van der Waals surface area contributed by atoms with E-state index in [4.69, 9.17) is 11.3 Å². The van der Waals surface area contributed by atoms with Gasteiger partial charge in [-0.25, -0.2) is 15.3 Å². The molecule has 2 amide bonds. The SMILES string of the molecule is CC(C)(C)C1CCC(N(Cc2ccc(CN=C(N)N=N)cc2)C(=O)Nc2ccc(OC(F)(F)F)cc2)CC1. The summed E-state index contributed by atoms with van der Waals surface area (Å²) in [4.78, 5) is 19.2. The van der Waals surface area contributed by atoms with Gasteiger partial charge in [0.1, 0.15) is 5.75 Å². The zero-order valence-corrected chi connectivity index (χ0v) is 21.9. The van der Waals surface area contributed by atoms with Crippen LogP contribution in [-0.2, 0) is 13.1 Å². The fraction of sp³-hybridized carbons (Fsp3) is 0.481. The second kappa shape index (κ2) is 12.3. The molecule has 1 fully saturated rings. The molecule has 3 rings (SSSR count). The second-order valence-electron chi connectivity index (χ2n) is 10.6. The summed E-state index contributed by atoms with van der Waals surface area (Å²) in [5.41, 5.74) is 14.7. The van der Waals surface area contributed by atoms with Gasteiger partial charge < -0.3 is 20.7 Å². The average Bonchev–Trinajstić information content (AvgIpc) is 2.86. The molecule has 206 valence electrons. The highest BCUT2D eigenvalue weighted by Crippen LogP contribution is 2.39. The predicted octanol–water partition coefficient (Wildman–Crippen LogP) is 7.07. The van der Waals surface area contributed by atoms with E-state index in [1.807, 2.05) is 29.2 Å². The molecule has 0 atom stereocenters. The number of amides is 2. The van der Waals surface area contributed by atoms with Crippen molar-refractivity contribution in [3.05, 3.63) is 59.7 Å². The molecule has 38 heavy (non-hydrogen) atoms. The smallest absolute Gasteiger partial charge is 0.406 e. The minimum absolute atomic E-state index is 0.0316. The Hall–Kier alpha value is -3.63. The third-order valence-electron chi connectivity index (χ3n) is 6.88. The highest BCUT2D eigenvalue weighted by molar-refractivity contribution is 5.89. The molecule has 1 saturated carbocycles. The number of hydrogen-bond donors (Lipinski definition) is 3. The number of nitrogens with zero attached hydrogens (tertiary/aromatic N) is 3. The zero-order chi connectivity index (χ0) is 27.9. The van der Waals surface area contributed by atoms with Crippen LogP contribution in [0.25, 0.3) is 0 Å². The van der Waals surface area contributed by atoms with Crippen molar-refractivity contribution in [3.63, 3.8) is 0 Å². The van der Waals surface area contributed by atoms with Crippen LogP contribution in [0.1, 0.15) is 57.6 Å². The van der Waals surface area contributed by atoms with Gasteiger partial charge in [0.05, 0.1) is 6.54 Å². The fourth-order valence-corrected chi connectivity index (χ4v) is 4.71. The Labute approximate surface area is 221 Å². The summed E-state index contributed by atoms with van der Waals surface area (Å²) in [6.07, 6.45) is -1.01. The molecule has 0 unspecified atom stereocenters. The van der Waals surface area contributed by atoms with E-state index in [0.717, 1.165) is 36.8 Å². The van der Waals surface area contributed by atoms with Gasteiger partial charge in [0.2, 0.25) is 5.96 Å². The van der Waals surface area contributed by atoms with Crippen molar-refractivity contribution in [2.45, 2.75) is 71.9 Å². The maximum Gasteiger partial charge on any atom is 0.573 e. The van der Waals surface area contributed by atoms with Crippen LogP contribution >= 0.6 is 0 Å². The van der Waals surface area contributed by atoms with E-state index in [9.17, 15) is 18.0 Å². The summed E-state index contributed by atoms with van der Waals surface area (Å²) in [7, 11) is 0. The molecule has 1 aliphatic rings. The van der Waals surface area contributed by atoms with Gasteiger partial charge in [-0.3, -0.25) is 0 Å². The normalized spacial score (nSPS) is 18.5. The Bertz CT molecular complexity index is 1100. The van der Waals surface area contributed by atoms with Crippen LogP contribution in [0.2, 0.25) is 0 Å². The average molecular weight is 533 g/mol. The van der Waals surface area contributed by atoms with Crippen LogP contribution in [0.4, 0.5) is 23.7 Å². The van der Waals surface area contributed by atoms with Crippen LogP contribution in [0.5, 0.6) is 5.75 Å².